The molecule has 0 aromatic heterocycles. The van der Waals surface area contributed by atoms with Crippen molar-refractivity contribution in [3.8, 4) is 0 Å². The van der Waals surface area contributed by atoms with Gasteiger partial charge < -0.3 is 5.32 Å². The van der Waals surface area contributed by atoms with Gasteiger partial charge in [0.05, 0.1) is 0 Å². The average Bonchev–Trinajstić information content (AvgIpc) is 3.13. The fourth-order valence-corrected chi connectivity index (χ4v) is 2.76. The van der Waals surface area contributed by atoms with E-state index >= 15 is 0 Å². The molecule has 16 heavy (non-hydrogen) atoms. The summed E-state index contributed by atoms with van der Waals surface area (Å²) in [5, 5.41) is 3.37. The van der Waals surface area contributed by atoms with E-state index in [0.29, 0.717) is 0 Å². The van der Waals surface area contributed by atoms with Crippen LogP contribution >= 0.6 is 0 Å². The maximum Gasteiger partial charge on any atom is 0.123 e. The number of hydrogen-bond acceptors (Lipinski definition) is 2. The van der Waals surface area contributed by atoms with Crippen LogP contribution < -0.4 is 5.32 Å². The van der Waals surface area contributed by atoms with Gasteiger partial charge in [-0.2, -0.15) is 0 Å². The van der Waals surface area contributed by atoms with Crippen LogP contribution in [0.2, 0.25) is 0 Å². The topological polar surface area (TPSA) is 15.3 Å². The van der Waals surface area contributed by atoms with Crippen molar-refractivity contribution in [2.24, 2.45) is 0 Å². The molecule has 3 heteroatoms. The Hall–Kier alpha value is -0.930. The normalized spacial score (nSPS) is 24.3. The molecule has 1 saturated carbocycles. The molecule has 2 nitrogen and oxygen atoms in total. The van der Waals surface area contributed by atoms with Crippen molar-refractivity contribution in [1.29, 1.82) is 0 Å². The van der Waals surface area contributed by atoms with Gasteiger partial charge in [0.1, 0.15) is 5.82 Å². The molecule has 0 unspecified atom stereocenters. The summed E-state index contributed by atoms with van der Waals surface area (Å²) in [6.45, 7) is 4.36. The zero-order valence-corrected chi connectivity index (χ0v) is 9.38. The molecule has 1 aliphatic carbocycles. The molecule has 1 N–H and O–H groups in total. The molecule has 1 heterocycles. The van der Waals surface area contributed by atoms with E-state index in [4.69, 9.17) is 0 Å². The van der Waals surface area contributed by atoms with Crippen LogP contribution in [0.25, 0.3) is 0 Å². The second kappa shape index (κ2) is 3.82. The first-order valence-electron chi connectivity index (χ1n) is 6.03. The van der Waals surface area contributed by atoms with Gasteiger partial charge in [-0.1, -0.05) is 12.1 Å². The van der Waals surface area contributed by atoms with Crippen molar-refractivity contribution in [2.75, 3.05) is 26.2 Å². The van der Waals surface area contributed by atoms with Crippen molar-refractivity contribution >= 4 is 0 Å². The molecule has 1 aliphatic heterocycles. The smallest absolute Gasteiger partial charge is 0.123 e. The minimum atomic E-state index is -0.139. The van der Waals surface area contributed by atoms with Gasteiger partial charge in [0.25, 0.3) is 0 Å². The predicted octanol–water partition coefficient (Wildman–Crippen LogP) is 1.72. The van der Waals surface area contributed by atoms with Gasteiger partial charge in [0.2, 0.25) is 0 Å². The molecule has 0 bridgehead atoms. The van der Waals surface area contributed by atoms with Crippen LogP contribution in [0.3, 0.4) is 0 Å². The van der Waals surface area contributed by atoms with Crippen LogP contribution in [-0.2, 0) is 5.54 Å². The van der Waals surface area contributed by atoms with Gasteiger partial charge in [-0.25, -0.2) is 4.39 Å². The molecule has 1 aromatic carbocycles. The molecule has 1 saturated heterocycles. The number of piperazine rings is 1. The highest BCUT2D eigenvalue weighted by Gasteiger charge is 2.49. The summed E-state index contributed by atoms with van der Waals surface area (Å²) in [5.74, 6) is -0.139. The van der Waals surface area contributed by atoms with Gasteiger partial charge in [-0.3, -0.25) is 4.90 Å². The van der Waals surface area contributed by atoms with E-state index in [1.54, 1.807) is 12.1 Å². The van der Waals surface area contributed by atoms with Crippen LogP contribution in [0, 0.1) is 5.82 Å². The lowest BCUT2D eigenvalue weighted by Gasteiger charge is -2.35. The third kappa shape index (κ3) is 1.64. The Morgan fingerprint density at radius 3 is 2.25 bits per heavy atom. The molecule has 0 spiro atoms. The second-order valence-electron chi connectivity index (χ2n) is 4.78. The molecule has 2 aliphatic rings. The Bertz CT molecular complexity index is 364. The van der Waals surface area contributed by atoms with E-state index in [1.807, 2.05) is 12.1 Å². The van der Waals surface area contributed by atoms with Gasteiger partial charge in [-0.15, -0.1) is 0 Å². The van der Waals surface area contributed by atoms with Crippen molar-refractivity contribution in [1.82, 2.24) is 10.2 Å². The Morgan fingerprint density at radius 2 is 1.69 bits per heavy atom. The molecule has 3 rings (SSSR count). The number of hydrogen-bond donors (Lipinski definition) is 1. The van der Waals surface area contributed by atoms with Crippen LogP contribution in [0.15, 0.2) is 24.3 Å². The Labute approximate surface area is 95.4 Å². The summed E-state index contributed by atoms with van der Waals surface area (Å²) in [5.41, 5.74) is 1.52. The SMILES string of the molecule is Fc1ccc(C2(N3CCNCC3)CC2)cc1. The first kappa shape index (κ1) is 10.2. The first-order chi connectivity index (χ1) is 7.81. The number of rotatable bonds is 2. The number of nitrogens with zero attached hydrogens (tertiary/aromatic N) is 1. The molecule has 0 radical (unpaired) electrons. The Kier molecular flexibility index (Phi) is 2.45. The van der Waals surface area contributed by atoms with Gasteiger partial charge in [0.15, 0.2) is 0 Å². The molecule has 2 fully saturated rings. The fourth-order valence-electron chi connectivity index (χ4n) is 2.76. The van der Waals surface area contributed by atoms with Crippen LogP contribution in [0.4, 0.5) is 4.39 Å². The summed E-state index contributed by atoms with van der Waals surface area (Å²) in [4.78, 5) is 2.55. The van der Waals surface area contributed by atoms with Gasteiger partial charge >= 0.3 is 0 Å². The summed E-state index contributed by atoms with van der Waals surface area (Å²) >= 11 is 0. The maximum atomic E-state index is 12.9. The lowest BCUT2D eigenvalue weighted by atomic mass is 10.0. The quantitative estimate of drug-likeness (QED) is 0.816. The standard InChI is InChI=1S/C13H17FN2/c14-12-3-1-11(2-4-12)13(5-6-13)16-9-7-15-8-10-16/h1-4,15H,5-10H2. The van der Waals surface area contributed by atoms with E-state index in [9.17, 15) is 4.39 Å². The van der Waals surface area contributed by atoms with Crippen LogP contribution in [0.1, 0.15) is 18.4 Å². The molecular weight excluding hydrogens is 203 g/mol. The largest absolute Gasteiger partial charge is 0.314 e. The summed E-state index contributed by atoms with van der Waals surface area (Å²) in [7, 11) is 0. The minimum absolute atomic E-state index is 0.139. The number of benzene rings is 1. The molecule has 86 valence electrons. The van der Waals surface area contributed by atoms with Crippen molar-refractivity contribution in [3.63, 3.8) is 0 Å². The number of nitrogens with one attached hydrogen (secondary N) is 1. The van der Waals surface area contributed by atoms with E-state index in [2.05, 4.69) is 10.2 Å². The van der Waals surface area contributed by atoms with Crippen molar-refractivity contribution in [2.45, 2.75) is 18.4 Å². The zero-order chi connectivity index (χ0) is 11.0. The van der Waals surface area contributed by atoms with E-state index in [0.717, 1.165) is 26.2 Å². The number of halogens is 1. The van der Waals surface area contributed by atoms with Crippen molar-refractivity contribution in [3.05, 3.63) is 35.6 Å². The maximum absolute atomic E-state index is 12.9. The minimum Gasteiger partial charge on any atom is -0.314 e. The van der Waals surface area contributed by atoms with E-state index in [-0.39, 0.29) is 11.4 Å². The third-order valence-corrected chi connectivity index (χ3v) is 3.83. The Morgan fingerprint density at radius 1 is 1.06 bits per heavy atom. The average molecular weight is 220 g/mol. The van der Waals surface area contributed by atoms with E-state index < -0.39 is 0 Å². The Balaban J connectivity index is 1.84. The highest BCUT2D eigenvalue weighted by Crippen LogP contribution is 2.50. The fraction of sp³-hybridized carbons (Fsp3) is 0.538. The third-order valence-electron chi connectivity index (χ3n) is 3.83. The highest BCUT2D eigenvalue weighted by molar-refractivity contribution is 5.30. The van der Waals surface area contributed by atoms with E-state index in [1.165, 1.54) is 18.4 Å². The van der Waals surface area contributed by atoms with Gasteiger partial charge in [-0.05, 0) is 30.5 Å². The van der Waals surface area contributed by atoms with Crippen molar-refractivity contribution < 1.29 is 4.39 Å². The lowest BCUT2D eigenvalue weighted by Crippen LogP contribution is -2.48. The lowest BCUT2D eigenvalue weighted by molar-refractivity contribution is 0.154. The molecule has 0 amide bonds. The van der Waals surface area contributed by atoms with Gasteiger partial charge in [0, 0.05) is 31.7 Å². The molecule has 0 atom stereocenters. The molecular formula is C13H17FN2. The zero-order valence-electron chi connectivity index (χ0n) is 9.38. The van der Waals surface area contributed by atoms with Crippen LogP contribution in [0.5, 0.6) is 0 Å². The predicted molar refractivity (Wildman–Crippen MR) is 61.8 cm³/mol. The highest BCUT2D eigenvalue weighted by atomic mass is 19.1. The summed E-state index contributed by atoms with van der Waals surface area (Å²) < 4.78 is 12.9. The molecule has 1 aromatic rings. The second-order valence-corrected chi connectivity index (χ2v) is 4.78. The summed E-state index contributed by atoms with van der Waals surface area (Å²) in [6.07, 6.45) is 2.44. The van der Waals surface area contributed by atoms with Crippen LogP contribution in [-0.4, -0.2) is 31.1 Å². The first-order valence-corrected chi connectivity index (χ1v) is 6.03. The monoisotopic (exact) mass is 220 g/mol. The summed E-state index contributed by atoms with van der Waals surface area (Å²) in [6, 6.07) is 7.06.